The lowest BCUT2D eigenvalue weighted by atomic mass is 9.73. The smallest absolute Gasteiger partial charge is 0.184 e. The van der Waals surface area contributed by atoms with Crippen LogP contribution >= 0.6 is 0 Å². The van der Waals surface area contributed by atoms with Gasteiger partial charge in [-0.05, 0) is 11.3 Å². The lowest BCUT2D eigenvalue weighted by molar-refractivity contribution is -0.761. The second-order valence-corrected chi connectivity index (χ2v) is 7.61. The molecule has 0 bridgehead atoms. The fraction of sp³-hybridized carbons (Fsp3) is 0.762. The minimum atomic E-state index is 0.141. The number of rotatable bonds is 2. The zero-order valence-electron chi connectivity index (χ0n) is 17.4. The van der Waals surface area contributed by atoms with Crippen molar-refractivity contribution in [3.8, 4) is 0 Å². The van der Waals surface area contributed by atoms with Gasteiger partial charge in [-0.25, -0.2) is 0 Å². The third kappa shape index (κ3) is 6.94. The zero-order valence-corrected chi connectivity index (χ0v) is 17.4. The summed E-state index contributed by atoms with van der Waals surface area (Å²) in [6.07, 6.45) is 2.21. The van der Waals surface area contributed by atoms with Crippen molar-refractivity contribution in [2.24, 2.45) is 11.3 Å². The molecule has 0 aromatic carbocycles. The molecular weight excluding hydrogens is 266 g/mol. The van der Waals surface area contributed by atoms with Gasteiger partial charge in [0.05, 0.1) is 0 Å². The Labute approximate surface area is 141 Å². The summed E-state index contributed by atoms with van der Waals surface area (Å²) < 4.78 is 2.42. The second-order valence-electron chi connectivity index (χ2n) is 7.61. The summed E-state index contributed by atoms with van der Waals surface area (Å²) in [5.41, 5.74) is 1.92. The number of pyridine rings is 1. The molecule has 0 radical (unpaired) electrons. The largest absolute Gasteiger partial charge is 0.198 e. The van der Waals surface area contributed by atoms with Gasteiger partial charge in [0.1, 0.15) is 0 Å². The van der Waals surface area contributed by atoms with Gasteiger partial charge in [-0.1, -0.05) is 68.4 Å². The van der Waals surface area contributed by atoms with E-state index in [0.717, 1.165) is 0 Å². The van der Waals surface area contributed by atoms with Crippen LogP contribution in [0.4, 0.5) is 0 Å². The quantitative estimate of drug-likeness (QED) is 0.544. The third-order valence-corrected chi connectivity index (χ3v) is 4.20. The maximum atomic E-state index is 2.42. The average molecular weight is 309 g/mol. The second kappa shape index (κ2) is 10.0. The minimum Gasteiger partial charge on any atom is -0.198 e. The van der Waals surface area contributed by atoms with Crippen molar-refractivity contribution in [3.05, 3.63) is 30.1 Å². The van der Waals surface area contributed by atoms with Crippen LogP contribution in [0.3, 0.4) is 0 Å². The Morgan fingerprint density at radius 1 is 0.818 bits per heavy atom. The summed E-state index contributed by atoms with van der Waals surface area (Å²) in [5.74, 6) is 1.21. The fourth-order valence-corrected chi connectivity index (χ4v) is 2.44. The van der Waals surface area contributed by atoms with Gasteiger partial charge in [0.2, 0.25) is 0 Å². The molecule has 1 nitrogen and oxygen atoms in total. The first-order valence-electron chi connectivity index (χ1n) is 9.06. The Kier molecular flexibility index (Phi) is 10.7. The van der Waals surface area contributed by atoms with E-state index in [0.29, 0.717) is 17.3 Å². The minimum absolute atomic E-state index is 0.141. The van der Waals surface area contributed by atoms with Gasteiger partial charge >= 0.3 is 0 Å². The molecule has 1 heteroatoms. The molecule has 0 saturated carbocycles. The van der Waals surface area contributed by atoms with E-state index in [2.05, 4.69) is 84.4 Å². The highest BCUT2D eigenvalue weighted by Gasteiger charge is 2.34. The predicted octanol–water partition coefficient (Wildman–Crippen LogP) is 6.57. The van der Waals surface area contributed by atoms with Gasteiger partial charge in [0.25, 0.3) is 0 Å². The molecule has 22 heavy (non-hydrogen) atoms. The summed E-state index contributed by atoms with van der Waals surface area (Å²) >= 11 is 0. The van der Waals surface area contributed by atoms with Gasteiger partial charge in [-0.15, -0.1) is 0 Å². The van der Waals surface area contributed by atoms with E-state index in [1.54, 1.807) is 0 Å². The highest BCUT2D eigenvalue weighted by molar-refractivity contribution is 5.05. The topological polar surface area (TPSA) is 3.88 Å². The van der Waals surface area contributed by atoms with E-state index >= 15 is 0 Å². The molecule has 0 aliphatic rings. The Hall–Kier alpha value is -0.850. The molecule has 0 fully saturated rings. The van der Waals surface area contributed by atoms with Gasteiger partial charge in [0, 0.05) is 38.8 Å². The van der Waals surface area contributed by atoms with Crippen LogP contribution in [-0.2, 0) is 5.54 Å². The van der Waals surface area contributed by atoms with Crippen LogP contribution in [0.15, 0.2) is 24.4 Å². The first-order chi connectivity index (χ1) is 10.0. The molecule has 0 spiro atoms. The van der Waals surface area contributed by atoms with Crippen LogP contribution in [0, 0.1) is 11.3 Å². The summed E-state index contributed by atoms with van der Waals surface area (Å²) in [4.78, 5) is 0. The van der Waals surface area contributed by atoms with E-state index in [-0.39, 0.29) is 5.54 Å². The van der Waals surface area contributed by atoms with Crippen LogP contribution in [0.1, 0.15) is 94.7 Å². The monoisotopic (exact) mass is 308 g/mol. The molecule has 0 N–H and O–H groups in total. The molecule has 0 aliphatic heterocycles. The van der Waals surface area contributed by atoms with Gasteiger partial charge in [0.15, 0.2) is 17.4 Å². The zero-order chi connectivity index (χ0) is 18.1. The van der Waals surface area contributed by atoms with Crippen LogP contribution in [0.5, 0.6) is 0 Å². The Morgan fingerprint density at radius 3 is 1.64 bits per heavy atom. The van der Waals surface area contributed by atoms with Gasteiger partial charge in [-0.3, -0.25) is 0 Å². The van der Waals surface area contributed by atoms with Crippen LogP contribution in [0.2, 0.25) is 0 Å². The van der Waals surface area contributed by atoms with Crippen molar-refractivity contribution < 1.29 is 4.57 Å². The Morgan fingerprint density at radius 2 is 1.27 bits per heavy atom. The van der Waals surface area contributed by atoms with Crippen molar-refractivity contribution in [1.29, 1.82) is 0 Å². The van der Waals surface area contributed by atoms with E-state index < -0.39 is 0 Å². The van der Waals surface area contributed by atoms with Crippen molar-refractivity contribution in [2.75, 3.05) is 0 Å². The van der Waals surface area contributed by atoms with Crippen LogP contribution in [0.25, 0.3) is 0 Å². The number of hydrogen-bond donors (Lipinski definition) is 0. The van der Waals surface area contributed by atoms with Crippen molar-refractivity contribution in [2.45, 2.75) is 94.5 Å². The van der Waals surface area contributed by atoms with Crippen LogP contribution in [-0.4, -0.2) is 0 Å². The fourth-order valence-electron chi connectivity index (χ4n) is 2.44. The van der Waals surface area contributed by atoms with Gasteiger partial charge in [-0.2, -0.15) is 4.57 Å². The maximum Gasteiger partial charge on any atom is 0.184 e. The number of aromatic nitrogens is 1. The maximum absolute atomic E-state index is 2.42. The molecule has 130 valence electrons. The normalized spacial score (nSPS) is 14.0. The van der Waals surface area contributed by atoms with E-state index in [9.17, 15) is 0 Å². The van der Waals surface area contributed by atoms with Crippen molar-refractivity contribution in [3.63, 3.8) is 0 Å². The molecule has 0 saturated heterocycles. The molecule has 1 aromatic rings. The molecule has 0 aliphatic carbocycles. The SMILES string of the molecule is CC.CC.CC(c1cccc[n+]1C(C)(C)C)C(C)C(C)(C)C. The molecule has 0 amide bonds. The number of hydrogen-bond acceptors (Lipinski definition) is 0. The van der Waals surface area contributed by atoms with E-state index in [4.69, 9.17) is 0 Å². The standard InChI is InChI=1S/C17H30N.2C2H6/c1-13(14(2)16(3,4)5)15-11-9-10-12-18(15)17(6,7)8;2*1-2/h9-14H,1-8H3;2*1-2H3/q+1;;. The lowest BCUT2D eigenvalue weighted by Crippen LogP contribution is -2.54. The van der Waals surface area contributed by atoms with Crippen LogP contribution < -0.4 is 4.57 Å². The molecule has 1 aromatic heterocycles. The van der Waals surface area contributed by atoms with Gasteiger partial charge < -0.3 is 0 Å². The molecule has 2 atom stereocenters. The average Bonchev–Trinajstić information content (AvgIpc) is 2.48. The predicted molar refractivity (Wildman–Crippen MR) is 101 cm³/mol. The third-order valence-electron chi connectivity index (χ3n) is 4.20. The Bertz CT molecular complexity index is 393. The molecule has 1 rings (SSSR count). The van der Waals surface area contributed by atoms with Crippen molar-refractivity contribution >= 4 is 0 Å². The first kappa shape index (κ1) is 23.4. The van der Waals surface area contributed by atoms with E-state index in [1.807, 2.05) is 27.7 Å². The highest BCUT2D eigenvalue weighted by Crippen LogP contribution is 2.36. The van der Waals surface area contributed by atoms with Crippen molar-refractivity contribution in [1.82, 2.24) is 0 Å². The summed E-state index contributed by atoms with van der Waals surface area (Å²) in [5, 5.41) is 0. The van der Waals surface area contributed by atoms with E-state index in [1.165, 1.54) is 5.69 Å². The Balaban J connectivity index is 0. The first-order valence-corrected chi connectivity index (χ1v) is 9.06. The lowest BCUT2D eigenvalue weighted by Gasteiger charge is -2.32. The summed E-state index contributed by atoms with van der Waals surface area (Å²) in [7, 11) is 0. The molecule has 2 unspecified atom stereocenters. The molecule has 1 heterocycles. The highest BCUT2D eigenvalue weighted by atomic mass is 15.0. The number of nitrogens with zero attached hydrogens (tertiary/aromatic N) is 1. The summed E-state index contributed by atoms with van der Waals surface area (Å²) in [6, 6.07) is 6.56. The molecular formula is C21H42N+. The summed E-state index contributed by atoms with van der Waals surface area (Å²) in [6.45, 7) is 26.5.